The Labute approximate surface area is 165 Å². The first-order chi connectivity index (χ1) is 13.8. The summed E-state index contributed by atoms with van der Waals surface area (Å²) in [6.07, 6.45) is -1.41. The number of amides is 1. The summed E-state index contributed by atoms with van der Waals surface area (Å²) in [5.74, 6) is -0.456. The second kappa shape index (κ2) is 8.46. The number of hydrogen-bond donors (Lipinski definition) is 0. The Bertz CT molecular complexity index is 997. The SMILES string of the molecule is CCN(Cc1nccn1Cc1ccccc1C(F)(F)F)C(=O)c1cccc(F)c1. The Morgan fingerprint density at radius 3 is 2.59 bits per heavy atom. The van der Waals surface area contributed by atoms with Gasteiger partial charge in [-0.25, -0.2) is 9.37 Å². The van der Waals surface area contributed by atoms with Gasteiger partial charge in [-0.15, -0.1) is 0 Å². The molecule has 2 aromatic carbocycles. The van der Waals surface area contributed by atoms with Crippen LogP contribution in [-0.2, 0) is 19.3 Å². The third-order valence-corrected chi connectivity index (χ3v) is 4.54. The number of aromatic nitrogens is 2. The number of carbonyl (C=O) groups is 1. The molecule has 8 heteroatoms. The van der Waals surface area contributed by atoms with Crippen LogP contribution in [0.5, 0.6) is 0 Å². The van der Waals surface area contributed by atoms with Gasteiger partial charge in [0, 0.05) is 31.0 Å². The van der Waals surface area contributed by atoms with Crippen molar-refractivity contribution in [2.75, 3.05) is 6.54 Å². The van der Waals surface area contributed by atoms with E-state index in [9.17, 15) is 22.4 Å². The molecule has 0 aliphatic heterocycles. The Hall–Kier alpha value is -3.16. The average Bonchev–Trinajstić information content (AvgIpc) is 3.12. The highest BCUT2D eigenvalue weighted by Crippen LogP contribution is 2.32. The molecule has 1 aromatic heterocycles. The van der Waals surface area contributed by atoms with Crippen LogP contribution >= 0.6 is 0 Å². The molecule has 0 spiro atoms. The molecule has 0 saturated heterocycles. The molecule has 152 valence electrons. The van der Waals surface area contributed by atoms with Crippen LogP contribution in [0.2, 0.25) is 0 Å². The van der Waals surface area contributed by atoms with E-state index >= 15 is 0 Å². The first kappa shape index (κ1) is 20.6. The maximum absolute atomic E-state index is 13.4. The Morgan fingerprint density at radius 2 is 1.90 bits per heavy atom. The number of rotatable bonds is 6. The molecule has 0 bridgehead atoms. The van der Waals surface area contributed by atoms with E-state index in [0.717, 1.165) is 12.1 Å². The number of imidazole rings is 1. The minimum atomic E-state index is -4.46. The summed E-state index contributed by atoms with van der Waals surface area (Å²) in [7, 11) is 0. The minimum Gasteiger partial charge on any atom is -0.331 e. The van der Waals surface area contributed by atoms with Crippen molar-refractivity contribution in [1.82, 2.24) is 14.5 Å². The van der Waals surface area contributed by atoms with Crippen molar-refractivity contribution in [1.29, 1.82) is 0 Å². The van der Waals surface area contributed by atoms with Gasteiger partial charge in [-0.1, -0.05) is 24.3 Å². The Kier molecular flexibility index (Phi) is 6.00. The highest BCUT2D eigenvalue weighted by Gasteiger charge is 2.33. The molecule has 3 aromatic rings. The van der Waals surface area contributed by atoms with E-state index in [1.807, 2.05) is 0 Å². The number of nitrogens with zero attached hydrogens (tertiary/aromatic N) is 3. The van der Waals surface area contributed by atoms with E-state index < -0.39 is 17.6 Å². The smallest absolute Gasteiger partial charge is 0.331 e. The molecule has 0 atom stereocenters. The van der Waals surface area contributed by atoms with Crippen LogP contribution in [0.4, 0.5) is 17.6 Å². The molecule has 29 heavy (non-hydrogen) atoms. The molecule has 1 heterocycles. The van der Waals surface area contributed by atoms with Crippen LogP contribution in [-0.4, -0.2) is 26.9 Å². The summed E-state index contributed by atoms with van der Waals surface area (Å²) in [4.78, 5) is 18.3. The summed E-state index contributed by atoms with van der Waals surface area (Å²) in [5, 5.41) is 0. The number of halogens is 4. The summed E-state index contributed by atoms with van der Waals surface area (Å²) in [6, 6.07) is 10.7. The van der Waals surface area contributed by atoms with Gasteiger partial charge in [-0.2, -0.15) is 13.2 Å². The molecule has 0 N–H and O–H groups in total. The van der Waals surface area contributed by atoms with Gasteiger partial charge in [0.1, 0.15) is 11.6 Å². The predicted octanol–water partition coefficient (Wildman–Crippen LogP) is 4.75. The normalized spacial score (nSPS) is 11.5. The zero-order valence-corrected chi connectivity index (χ0v) is 15.7. The quantitative estimate of drug-likeness (QED) is 0.555. The van der Waals surface area contributed by atoms with Crippen molar-refractivity contribution >= 4 is 5.91 Å². The average molecular weight is 405 g/mol. The van der Waals surface area contributed by atoms with Crippen molar-refractivity contribution in [2.45, 2.75) is 26.2 Å². The molecular weight excluding hydrogens is 386 g/mol. The molecule has 0 radical (unpaired) electrons. The third-order valence-electron chi connectivity index (χ3n) is 4.54. The Morgan fingerprint density at radius 1 is 1.14 bits per heavy atom. The van der Waals surface area contributed by atoms with Crippen LogP contribution in [0, 0.1) is 5.82 Å². The molecule has 0 saturated carbocycles. The van der Waals surface area contributed by atoms with E-state index in [0.29, 0.717) is 12.4 Å². The highest BCUT2D eigenvalue weighted by atomic mass is 19.4. The van der Waals surface area contributed by atoms with Gasteiger partial charge in [0.2, 0.25) is 0 Å². The zero-order chi connectivity index (χ0) is 21.0. The van der Waals surface area contributed by atoms with Gasteiger partial charge >= 0.3 is 6.18 Å². The van der Waals surface area contributed by atoms with E-state index in [4.69, 9.17) is 0 Å². The van der Waals surface area contributed by atoms with E-state index in [2.05, 4.69) is 4.98 Å². The lowest BCUT2D eigenvalue weighted by atomic mass is 10.1. The van der Waals surface area contributed by atoms with Gasteiger partial charge in [-0.3, -0.25) is 4.79 Å². The number of carbonyl (C=O) groups excluding carboxylic acids is 1. The molecule has 0 fully saturated rings. The second-order valence-electron chi connectivity index (χ2n) is 6.46. The van der Waals surface area contributed by atoms with Gasteiger partial charge in [0.25, 0.3) is 5.91 Å². The fourth-order valence-corrected chi connectivity index (χ4v) is 3.06. The van der Waals surface area contributed by atoms with Crippen LogP contribution in [0.1, 0.15) is 34.2 Å². The maximum atomic E-state index is 13.4. The molecule has 1 amide bonds. The Balaban J connectivity index is 1.82. The zero-order valence-electron chi connectivity index (χ0n) is 15.7. The third kappa shape index (κ3) is 4.82. The molecule has 0 aliphatic carbocycles. The summed E-state index contributed by atoms with van der Waals surface area (Å²) < 4.78 is 54.8. The van der Waals surface area contributed by atoms with Crippen molar-refractivity contribution in [2.24, 2.45) is 0 Å². The van der Waals surface area contributed by atoms with Gasteiger partial charge in [0.05, 0.1) is 12.1 Å². The first-order valence-electron chi connectivity index (χ1n) is 8.99. The number of benzene rings is 2. The highest BCUT2D eigenvalue weighted by molar-refractivity contribution is 5.94. The first-order valence-corrected chi connectivity index (χ1v) is 8.99. The molecule has 0 unspecified atom stereocenters. The predicted molar refractivity (Wildman–Crippen MR) is 99.6 cm³/mol. The number of alkyl halides is 3. The lowest BCUT2D eigenvalue weighted by Crippen LogP contribution is -2.31. The van der Waals surface area contributed by atoms with E-state index in [1.54, 1.807) is 23.8 Å². The van der Waals surface area contributed by atoms with Crippen molar-refractivity contribution < 1.29 is 22.4 Å². The summed E-state index contributed by atoms with van der Waals surface area (Å²) in [6.45, 7) is 2.16. The van der Waals surface area contributed by atoms with Gasteiger partial charge in [0.15, 0.2) is 0 Å². The van der Waals surface area contributed by atoms with Crippen molar-refractivity contribution in [3.8, 4) is 0 Å². The fourth-order valence-electron chi connectivity index (χ4n) is 3.06. The molecular formula is C21H19F4N3O. The molecule has 3 rings (SSSR count). The minimum absolute atomic E-state index is 0.0310. The monoisotopic (exact) mass is 405 g/mol. The topological polar surface area (TPSA) is 38.1 Å². The lowest BCUT2D eigenvalue weighted by Gasteiger charge is -2.22. The van der Waals surface area contributed by atoms with Gasteiger partial charge in [-0.05, 0) is 36.8 Å². The fraction of sp³-hybridized carbons (Fsp3) is 0.238. The summed E-state index contributed by atoms with van der Waals surface area (Å²) >= 11 is 0. The van der Waals surface area contributed by atoms with Gasteiger partial charge < -0.3 is 9.47 Å². The van der Waals surface area contributed by atoms with E-state index in [-0.39, 0.29) is 30.1 Å². The number of hydrogen-bond acceptors (Lipinski definition) is 2. The molecule has 0 aliphatic rings. The second-order valence-corrected chi connectivity index (χ2v) is 6.46. The van der Waals surface area contributed by atoms with Crippen LogP contribution in [0.15, 0.2) is 60.9 Å². The maximum Gasteiger partial charge on any atom is 0.416 e. The van der Waals surface area contributed by atoms with Crippen LogP contribution in [0.25, 0.3) is 0 Å². The van der Waals surface area contributed by atoms with Crippen LogP contribution < -0.4 is 0 Å². The van der Waals surface area contributed by atoms with Crippen LogP contribution in [0.3, 0.4) is 0 Å². The summed E-state index contributed by atoms with van der Waals surface area (Å²) in [5.41, 5.74) is -0.394. The lowest BCUT2D eigenvalue weighted by molar-refractivity contribution is -0.138. The van der Waals surface area contributed by atoms with Crippen molar-refractivity contribution in [3.05, 3.63) is 89.3 Å². The molecule has 4 nitrogen and oxygen atoms in total. The standard InChI is InChI=1S/C21H19F4N3O/c1-2-27(20(29)15-7-5-8-17(22)12-15)14-19-26-10-11-28(19)13-16-6-3-4-9-18(16)21(23,24)25/h3-12H,2,13-14H2,1H3. The van der Waals surface area contributed by atoms with Crippen molar-refractivity contribution in [3.63, 3.8) is 0 Å². The largest absolute Gasteiger partial charge is 0.416 e. The van der Waals surface area contributed by atoms with E-state index in [1.165, 1.54) is 41.4 Å².